The van der Waals surface area contributed by atoms with Gasteiger partial charge in [0.05, 0.1) is 0 Å². The lowest BCUT2D eigenvalue weighted by Crippen LogP contribution is -2.37. The molecule has 4 heteroatoms. The molecule has 3 rings (SSSR count). The molecule has 2 N–H and O–H groups in total. The van der Waals surface area contributed by atoms with Gasteiger partial charge in [0, 0.05) is 31.2 Å². The summed E-state index contributed by atoms with van der Waals surface area (Å²) in [7, 11) is 0. The third-order valence-corrected chi connectivity index (χ3v) is 4.68. The minimum atomic E-state index is 0.266. The topological polar surface area (TPSA) is 38.5 Å². The van der Waals surface area contributed by atoms with Gasteiger partial charge in [-0.05, 0) is 36.1 Å². The zero-order chi connectivity index (χ0) is 16.1. The van der Waals surface area contributed by atoms with Crippen LogP contribution in [0.5, 0.6) is 5.75 Å². The summed E-state index contributed by atoms with van der Waals surface area (Å²) in [5.74, 6) is 0.841. The van der Waals surface area contributed by atoms with Crippen LogP contribution in [0.15, 0.2) is 48.5 Å². The molecular weight excluding hydrogens is 308 g/mol. The summed E-state index contributed by atoms with van der Waals surface area (Å²) in [6, 6.07) is 16.4. The molecular formula is C19H23ClN2O. The van der Waals surface area contributed by atoms with Crippen molar-refractivity contribution in [2.45, 2.75) is 32.0 Å². The van der Waals surface area contributed by atoms with Gasteiger partial charge < -0.3 is 10.5 Å². The largest absolute Gasteiger partial charge is 0.490 e. The second-order valence-electron chi connectivity index (χ2n) is 6.04. The van der Waals surface area contributed by atoms with Gasteiger partial charge in [0.25, 0.3) is 0 Å². The van der Waals surface area contributed by atoms with Gasteiger partial charge in [-0.3, -0.25) is 4.90 Å². The van der Waals surface area contributed by atoms with Crippen molar-refractivity contribution in [2.24, 2.45) is 5.73 Å². The Labute approximate surface area is 143 Å². The van der Waals surface area contributed by atoms with Crippen molar-refractivity contribution in [3.63, 3.8) is 0 Å². The average molecular weight is 331 g/mol. The van der Waals surface area contributed by atoms with E-state index in [2.05, 4.69) is 35.2 Å². The van der Waals surface area contributed by atoms with Crippen LogP contribution in [0.3, 0.4) is 0 Å². The monoisotopic (exact) mass is 330 g/mol. The SMILES string of the molecule is NCc1ccc(OC2CCN(Cc3ccccc3)CC2)cc1Cl. The van der Waals surface area contributed by atoms with E-state index in [4.69, 9.17) is 22.1 Å². The predicted octanol–water partition coefficient (Wildman–Crippen LogP) is 3.84. The fourth-order valence-corrected chi connectivity index (χ4v) is 3.23. The van der Waals surface area contributed by atoms with Crippen molar-refractivity contribution in [1.29, 1.82) is 0 Å². The smallest absolute Gasteiger partial charge is 0.121 e. The molecule has 1 aliphatic heterocycles. The third-order valence-electron chi connectivity index (χ3n) is 4.33. The van der Waals surface area contributed by atoms with Gasteiger partial charge in [0.2, 0.25) is 0 Å². The highest BCUT2D eigenvalue weighted by Gasteiger charge is 2.20. The second kappa shape index (κ2) is 7.82. The van der Waals surface area contributed by atoms with Gasteiger partial charge in [-0.25, -0.2) is 0 Å². The molecule has 0 spiro atoms. The standard InChI is InChI=1S/C19H23ClN2O/c20-19-12-18(7-6-16(19)13-21)23-17-8-10-22(11-9-17)14-15-4-2-1-3-5-15/h1-7,12,17H,8-11,13-14,21H2. The van der Waals surface area contributed by atoms with E-state index in [0.29, 0.717) is 11.6 Å². The molecule has 122 valence electrons. The maximum absolute atomic E-state index is 6.19. The normalized spacial score (nSPS) is 16.4. The van der Waals surface area contributed by atoms with E-state index in [-0.39, 0.29) is 6.10 Å². The number of rotatable bonds is 5. The number of hydrogen-bond acceptors (Lipinski definition) is 3. The summed E-state index contributed by atoms with van der Waals surface area (Å²) in [6.07, 6.45) is 2.36. The Hall–Kier alpha value is -1.55. The summed E-state index contributed by atoms with van der Waals surface area (Å²) < 4.78 is 6.08. The second-order valence-corrected chi connectivity index (χ2v) is 6.44. The van der Waals surface area contributed by atoms with Crippen molar-refractivity contribution in [3.05, 3.63) is 64.7 Å². The van der Waals surface area contributed by atoms with Crippen LogP contribution in [-0.4, -0.2) is 24.1 Å². The van der Waals surface area contributed by atoms with Gasteiger partial charge in [0.1, 0.15) is 11.9 Å². The van der Waals surface area contributed by atoms with Gasteiger partial charge in [-0.15, -0.1) is 0 Å². The molecule has 3 nitrogen and oxygen atoms in total. The lowest BCUT2D eigenvalue weighted by atomic mass is 10.1. The number of ether oxygens (including phenoxy) is 1. The van der Waals surface area contributed by atoms with Crippen molar-refractivity contribution in [3.8, 4) is 5.75 Å². The van der Waals surface area contributed by atoms with Crippen LogP contribution in [0.2, 0.25) is 5.02 Å². The van der Waals surface area contributed by atoms with Gasteiger partial charge in [-0.2, -0.15) is 0 Å². The van der Waals surface area contributed by atoms with E-state index in [9.17, 15) is 0 Å². The highest BCUT2D eigenvalue weighted by atomic mass is 35.5. The predicted molar refractivity (Wildman–Crippen MR) is 94.7 cm³/mol. The van der Waals surface area contributed by atoms with Crippen LogP contribution < -0.4 is 10.5 Å². The number of hydrogen-bond donors (Lipinski definition) is 1. The summed E-state index contributed by atoms with van der Waals surface area (Å²) in [4.78, 5) is 2.49. The van der Waals surface area contributed by atoms with E-state index in [1.54, 1.807) is 0 Å². The minimum absolute atomic E-state index is 0.266. The lowest BCUT2D eigenvalue weighted by Gasteiger charge is -2.32. The van der Waals surface area contributed by atoms with Crippen molar-refractivity contribution in [1.82, 2.24) is 4.90 Å². The lowest BCUT2D eigenvalue weighted by molar-refractivity contribution is 0.0968. The van der Waals surface area contributed by atoms with Gasteiger partial charge in [-0.1, -0.05) is 48.0 Å². The molecule has 0 aromatic heterocycles. The Balaban J connectivity index is 1.50. The molecule has 0 bridgehead atoms. The van der Waals surface area contributed by atoms with Crippen LogP contribution in [0.25, 0.3) is 0 Å². The number of benzene rings is 2. The summed E-state index contributed by atoms with van der Waals surface area (Å²) >= 11 is 6.19. The van der Waals surface area contributed by atoms with E-state index in [1.807, 2.05) is 18.2 Å². The molecule has 0 amide bonds. The van der Waals surface area contributed by atoms with Crippen LogP contribution in [0.4, 0.5) is 0 Å². The van der Waals surface area contributed by atoms with E-state index < -0.39 is 0 Å². The fourth-order valence-electron chi connectivity index (χ4n) is 2.99. The Bertz CT molecular complexity index is 625. The molecule has 0 aliphatic carbocycles. The number of nitrogens with zero attached hydrogens (tertiary/aromatic N) is 1. The molecule has 0 radical (unpaired) electrons. The highest BCUT2D eigenvalue weighted by Crippen LogP contribution is 2.25. The molecule has 0 unspecified atom stereocenters. The summed E-state index contributed by atoms with van der Waals surface area (Å²) in [5, 5.41) is 0.687. The first-order valence-electron chi connectivity index (χ1n) is 8.16. The van der Waals surface area contributed by atoms with Crippen LogP contribution in [0, 0.1) is 0 Å². The molecule has 1 heterocycles. The average Bonchev–Trinajstić information content (AvgIpc) is 2.58. The first kappa shape index (κ1) is 16.3. The van der Waals surface area contributed by atoms with Crippen LogP contribution in [-0.2, 0) is 13.1 Å². The first-order valence-corrected chi connectivity index (χ1v) is 8.54. The zero-order valence-corrected chi connectivity index (χ0v) is 14.0. The highest BCUT2D eigenvalue weighted by molar-refractivity contribution is 6.31. The number of halogens is 1. The van der Waals surface area contributed by atoms with Crippen LogP contribution >= 0.6 is 11.6 Å². The number of nitrogens with two attached hydrogens (primary N) is 1. The minimum Gasteiger partial charge on any atom is -0.490 e. The van der Waals surface area contributed by atoms with Gasteiger partial charge >= 0.3 is 0 Å². The molecule has 0 atom stereocenters. The molecule has 23 heavy (non-hydrogen) atoms. The fraction of sp³-hybridized carbons (Fsp3) is 0.368. The van der Waals surface area contributed by atoms with E-state index in [1.165, 1.54) is 5.56 Å². The maximum atomic E-state index is 6.19. The molecule has 1 saturated heterocycles. The summed E-state index contributed by atoms with van der Waals surface area (Å²) in [6.45, 7) is 3.60. The quantitative estimate of drug-likeness (QED) is 0.905. The van der Waals surface area contributed by atoms with Crippen molar-refractivity contribution >= 4 is 11.6 Å². The molecule has 1 aliphatic rings. The Morgan fingerprint density at radius 3 is 2.48 bits per heavy atom. The maximum Gasteiger partial charge on any atom is 0.121 e. The zero-order valence-electron chi connectivity index (χ0n) is 13.2. The third kappa shape index (κ3) is 4.47. The Morgan fingerprint density at radius 2 is 1.83 bits per heavy atom. The first-order chi connectivity index (χ1) is 11.2. The van der Waals surface area contributed by atoms with Crippen LogP contribution in [0.1, 0.15) is 24.0 Å². The summed E-state index contributed by atoms with van der Waals surface area (Å²) in [5.41, 5.74) is 7.96. The molecule has 1 fully saturated rings. The Morgan fingerprint density at radius 1 is 1.09 bits per heavy atom. The van der Waals surface area contributed by atoms with Crippen molar-refractivity contribution in [2.75, 3.05) is 13.1 Å². The molecule has 0 saturated carbocycles. The van der Waals surface area contributed by atoms with Crippen molar-refractivity contribution < 1.29 is 4.74 Å². The molecule has 2 aromatic rings. The van der Waals surface area contributed by atoms with E-state index in [0.717, 1.165) is 43.8 Å². The number of likely N-dealkylation sites (tertiary alicyclic amines) is 1. The molecule has 2 aromatic carbocycles. The van der Waals surface area contributed by atoms with Gasteiger partial charge in [0.15, 0.2) is 0 Å². The van der Waals surface area contributed by atoms with E-state index >= 15 is 0 Å². The number of piperidine rings is 1. The Kier molecular flexibility index (Phi) is 5.55.